The van der Waals surface area contributed by atoms with Crippen molar-refractivity contribution in [2.24, 2.45) is 29.1 Å². The molecule has 0 bridgehead atoms. The second kappa shape index (κ2) is 4.61. The van der Waals surface area contributed by atoms with Gasteiger partial charge in [0.15, 0.2) is 0 Å². The average Bonchev–Trinajstić information content (AvgIpc) is 2.73. The van der Waals surface area contributed by atoms with E-state index in [1.807, 2.05) is 0 Å². The van der Waals surface area contributed by atoms with Crippen molar-refractivity contribution in [2.75, 3.05) is 0 Å². The van der Waals surface area contributed by atoms with Crippen LogP contribution in [0.1, 0.15) is 64.7 Å². The van der Waals surface area contributed by atoms with Gasteiger partial charge in [-0.05, 0) is 74.2 Å². The van der Waals surface area contributed by atoms with Crippen molar-refractivity contribution in [3.05, 3.63) is 11.8 Å². The lowest BCUT2D eigenvalue weighted by Gasteiger charge is -2.49. The van der Waals surface area contributed by atoms with Gasteiger partial charge in [0, 0.05) is 12.3 Å². The number of allylic oxidation sites excluding steroid dienone is 2. The predicted molar refractivity (Wildman–Crippen MR) is 77.8 cm³/mol. The molecule has 4 unspecified atom stereocenters. The Hall–Kier alpha value is -0.790. The van der Waals surface area contributed by atoms with E-state index in [1.54, 1.807) is 0 Å². The van der Waals surface area contributed by atoms with Crippen LogP contribution in [0.3, 0.4) is 0 Å². The Morgan fingerprint density at radius 1 is 1.15 bits per heavy atom. The third-order valence-corrected chi connectivity index (χ3v) is 6.89. The molecule has 0 aromatic heterocycles. The third kappa shape index (κ3) is 1.87. The summed E-state index contributed by atoms with van der Waals surface area (Å²) in [6.45, 7) is 2.54. The minimum atomic E-state index is -0.00698. The van der Waals surface area contributed by atoms with Crippen molar-refractivity contribution in [3.63, 3.8) is 0 Å². The van der Waals surface area contributed by atoms with E-state index in [-0.39, 0.29) is 5.97 Å². The molecule has 3 aliphatic carbocycles. The maximum Gasteiger partial charge on any atom is 0.310 e. The number of carbonyl (C=O) groups excluding carboxylic acids is 1. The quantitative estimate of drug-likeness (QED) is 0.610. The number of rotatable bonds is 0. The smallest absolute Gasteiger partial charge is 0.310 e. The van der Waals surface area contributed by atoms with Crippen LogP contribution in [-0.4, -0.2) is 5.97 Å². The molecule has 4 rings (SSSR count). The van der Waals surface area contributed by atoms with E-state index in [0.29, 0.717) is 17.8 Å². The molecule has 0 radical (unpaired) electrons. The molecule has 1 saturated heterocycles. The van der Waals surface area contributed by atoms with Gasteiger partial charge in [-0.25, -0.2) is 0 Å². The molecule has 0 spiro atoms. The zero-order valence-corrected chi connectivity index (χ0v) is 12.6. The van der Waals surface area contributed by atoms with Gasteiger partial charge in [0.1, 0.15) is 5.76 Å². The summed E-state index contributed by atoms with van der Waals surface area (Å²) in [6.07, 6.45) is 13.4. The predicted octanol–water partition coefficient (Wildman–Crippen LogP) is 4.45. The fraction of sp³-hybridized carbons (Fsp3) is 0.833. The van der Waals surface area contributed by atoms with E-state index < -0.39 is 0 Å². The molecule has 4 aliphatic rings. The van der Waals surface area contributed by atoms with Gasteiger partial charge in [-0.3, -0.25) is 4.79 Å². The van der Waals surface area contributed by atoms with Gasteiger partial charge in [0.05, 0.1) is 0 Å². The van der Waals surface area contributed by atoms with E-state index in [4.69, 9.17) is 4.74 Å². The van der Waals surface area contributed by atoms with E-state index in [1.165, 1.54) is 38.5 Å². The highest BCUT2D eigenvalue weighted by Gasteiger charge is 2.51. The number of fused-ring (bicyclic) bond motifs is 5. The van der Waals surface area contributed by atoms with Gasteiger partial charge in [0.25, 0.3) is 0 Å². The van der Waals surface area contributed by atoms with Crippen molar-refractivity contribution in [1.82, 2.24) is 0 Å². The Morgan fingerprint density at radius 3 is 2.95 bits per heavy atom. The molecule has 1 heterocycles. The second-order valence-corrected chi connectivity index (χ2v) is 7.82. The van der Waals surface area contributed by atoms with Crippen LogP contribution in [0.15, 0.2) is 11.8 Å². The number of ether oxygens (including phenoxy) is 1. The highest BCUT2D eigenvalue weighted by Crippen LogP contribution is 2.60. The lowest BCUT2D eigenvalue weighted by molar-refractivity contribution is -0.145. The van der Waals surface area contributed by atoms with E-state index in [0.717, 1.165) is 36.4 Å². The molecule has 2 heteroatoms. The van der Waals surface area contributed by atoms with Gasteiger partial charge in [0.2, 0.25) is 0 Å². The SMILES string of the molecule is C[C@@]12CCCC1C1CCC=C3OC(=O)CCC3C1CC2. The maximum absolute atomic E-state index is 11.6. The zero-order valence-electron chi connectivity index (χ0n) is 12.6. The average molecular weight is 274 g/mol. The van der Waals surface area contributed by atoms with Crippen LogP contribution < -0.4 is 0 Å². The summed E-state index contributed by atoms with van der Waals surface area (Å²) < 4.78 is 5.58. The van der Waals surface area contributed by atoms with Crippen LogP contribution in [0.25, 0.3) is 0 Å². The van der Waals surface area contributed by atoms with Gasteiger partial charge in [-0.15, -0.1) is 0 Å². The molecule has 0 N–H and O–H groups in total. The number of hydrogen-bond acceptors (Lipinski definition) is 2. The number of esters is 1. The van der Waals surface area contributed by atoms with E-state index in [9.17, 15) is 4.79 Å². The Morgan fingerprint density at radius 2 is 2.05 bits per heavy atom. The Bertz CT molecular complexity index is 452. The fourth-order valence-electron chi connectivity index (χ4n) is 5.93. The molecule has 2 saturated carbocycles. The fourth-order valence-corrected chi connectivity index (χ4v) is 5.93. The zero-order chi connectivity index (χ0) is 13.7. The molecule has 0 aromatic rings. The highest BCUT2D eigenvalue weighted by molar-refractivity contribution is 5.71. The summed E-state index contributed by atoms with van der Waals surface area (Å²) in [5.41, 5.74) is 0.622. The highest BCUT2D eigenvalue weighted by atomic mass is 16.5. The first-order valence-corrected chi connectivity index (χ1v) is 8.58. The summed E-state index contributed by atoms with van der Waals surface area (Å²) in [4.78, 5) is 11.6. The minimum Gasteiger partial charge on any atom is -0.431 e. The molecular weight excluding hydrogens is 248 g/mol. The topological polar surface area (TPSA) is 26.3 Å². The van der Waals surface area contributed by atoms with Crippen molar-refractivity contribution in [1.29, 1.82) is 0 Å². The molecule has 5 atom stereocenters. The van der Waals surface area contributed by atoms with E-state index in [2.05, 4.69) is 13.0 Å². The molecule has 2 nitrogen and oxygen atoms in total. The number of hydrogen-bond donors (Lipinski definition) is 0. The summed E-state index contributed by atoms with van der Waals surface area (Å²) in [6, 6.07) is 0. The van der Waals surface area contributed by atoms with Crippen molar-refractivity contribution < 1.29 is 9.53 Å². The van der Waals surface area contributed by atoms with Crippen molar-refractivity contribution in [3.8, 4) is 0 Å². The molecular formula is C18H26O2. The third-order valence-electron chi connectivity index (χ3n) is 6.89. The van der Waals surface area contributed by atoms with Crippen LogP contribution in [0.4, 0.5) is 0 Å². The lowest BCUT2D eigenvalue weighted by atomic mass is 9.57. The first-order chi connectivity index (χ1) is 9.67. The molecule has 0 aromatic carbocycles. The van der Waals surface area contributed by atoms with Crippen LogP contribution in [0, 0.1) is 29.1 Å². The van der Waals surface area contributed by atoms with Crippen molar-refractivity contribution in [2.45, 2.75) is 64.7 Å². The van der Waals surface area contributed by atoms with Crippen LogP contribution in [0.2, 0.25) is 0 Å². The first kappa shape index (κ1) is 12.9. The summed E-state index contributed by atoms with van der Waals surface area (Å²) in [5, 5.41) is 0. The molecule has 110 valence electrons. The lowest BCUT2D eigenvalue weighted by Crippen LogP contribution is -2.42. The van der Waals surface area contributed by atoms with E-state index >= 15 is 0 Å². The molecule has 3 fully saturated rings. The van der Waals surface area contributed by atoms with Gasteiger partial charge < -0.3 is 4.74 Å². The largest absolute Gasteiger partial charge is 0.431 e. The summed E-state index contributed by atoms with van der Waals surface area (Å²) in [5.74, 6) is 4.18. The first-order valence-electron chi connectivity index (χ1n) is 8.58. The standard InChI is InChI=1S/C18H26O2/c1-18-10-3-5-15(18)13-4-2-6-16-14(12(13)9-11-18)7-8-17(19)20-16/h6,12-15H,2-5,7-11H2,1H3/t12?,13?,14?,15?,18-/m0/s1. The number of carbonyl (C=O) groups is 1. The Labute approximate surface area is 122 Å². The van der Waals surface area contributed by atoms with Gasteiger partial charge >= 0.3 is 5.97 Å². The monoisotopic (exact) mass is 274 g/mol. The Kier molecular flexibility index (Phi) is 2.98. The van der Waals surface area contributed by atoms with Crippen LogP contribution in [0.5, 0.6) is 0 Å². The molecule has 20 heavy (non-hydrogen) atoms. The molecule has 0 amide bonds. The van der Waals surface area contributed by atoms with Crippen LogP contribution >= 0.6 is 0 Å². The Balaban J connectivity index is 1.63. The second-order valence-electron chi connectivity index (χ2n) is 7.82. The van der Waals surface area contributed by atoms with Gasteiger partial charge in [-0.2, -0.15) is 0 Å². The summed E-state index contributed by atoms with van der Waals surface area (Å²) in [7, 11) is 0. The summed E-state index contributed by atoms with van der Waals surface area (Å²) >= 11 is 0. The van der Waals surface area contributed by atoms with Gasteiger partial charge in [-0.1, -0.05) is 13.3 Å². The normalized spacial score (nSPS) is 47.5. The van der Waals surface area contributed by atoms with Crippen LogP contribution in [-0.2, 0) is 9.53 Å². The molecule has 1 aliphatic heterocycles. The minimum absolute atomic E-state index is 0.00698. The van der Waals surface area contributed by atoms with Crippen molar-refractivity contribution >= 4 is 5.97 Å². The maximum atomic E-state index is 11.6.